The Kier molecular flexibility index (Phi) is 4.80. The second-order valence-corrected chi connectivity index (χ2v) is 8.07. The van der Waals surface area contributed by atoms with E-state index < -0.39 is 26.2 Å². The first-order valence-corrected chi connectivity index (χ1v) is 10.3. The third kappa shape index (κ3) is 3.65. The summed E-state index contributed by atoms with van der Waals surface area (Å²) in [6.07, 6.45) is 2.53. The van der Waals surface area contributed by atoms with Crippen LogP contribution in [0.25, 0.3) is 16.9 Å². The van der Waals surface area contributed by atoms with Crippen LogP contribution in [0.5, 0.6) is 0 Å². The Labute approximate surface area is 170 Å². The number of hydrogen-bond acceptors (Lipinski definition) is 6. The number of rotatable bonds is 5. The van der Waals surface area contributed by atoms with Gasteiger partial charge in [-0.15, -0.1) is 5.10 Å². The molecular formula is C19H16N6O4S. The highest BCUT2D eigenvalue weighted by molar-refractivity contribution is 7.92. The van der Waals surface area contributed by atoms with Crippen LogP contribution in [0.1, 0.15) is 5.56 Å². The molecule has 0 aliphatic heterocycles. The van der Waals surface area contributed by atoms with Crippen molar-refractivity contribution in [2.24, 2.45) is 0 Å². The predicted octanol–water partition coefficient (Wildman–Crippen LogP) is 1.42. The van der Waals surface area contributed by atoms with E-state index in [1.165, 1.54) is 0 Å². The van der Waals surface area contributed by atoms with E-state index in [1.54, 1.807) is 35.1 Å². The maximum absolute atomic E-state index is 12.7. The van der Waals surface area contributed by atoms with E-state index in [1.807, 2.05) is 36.2 Å². The van der Waals surface area contributed by atoms with Gasteiger partial charge in [-0.1, -0.05) is 41.6 Å². The lowest BCUT2D eigenvalue weighted by molar-refractivity contribution is 0.599. The number of benzene rings is 2. The molecule has 0 saturated heterocycles. The lowest BCUT2D eigenvalue weighted by Crippen LogP contribution is -2.29. The van der Waals surface area contributed by atoms with Gasteiger partial charge in [0, 0.05) is 11.8 Å². The average Bonchev–Trinajstić information content (AvgIpc) is 3.18. The fourth-order valence-electron chi connectivity index (χ4n) is 2.92. The summed E-state index contributed by atoms with van der Waals surface area (Å²) in [7, 11) is -4.26. The van der Waals surface area contributed by atoms with Crippen LogP contribution < -0.4 is 16.0 Å². The summed E-state index contributed by atoms with van der Waals surface area (Å²) in [5, 5.41) is 8.30. The Morgan fingerprint density at radius 2 is 1.77 bits per heavy atom. The molecule has 0 fully saturated rings. The number of aromatic amines is 2. The minimum absolute atomic E-state index is 0.208. The highest BCUT2D eigenvalue weighted by atomic mass is 32.2. The monoisotopic (exact) mass is 424 g/mol. The van der Waals surface area contributed by atoms with Crippen molar-refractivity contribution in [3.63, 3.8) is 0 Å². The Balaban J connectivity index is 1.73. The number of aryl methyl sites for hydroxylation is 1. The predicted molar refractivity (Wildman–Crippen MR) is 110 cm³/mol. The zero-order valence-corrected chi connectivity index (χ0v) is 16.5. The highest BCUT2D eigenvalue weighted by Crippen LogP contribution is 2.28. The van der Waals surface area contributed by atoms with Crippen LogP contribution in [-0.4, -0.2) is 33.4 Å². The number of anilines is 1. The topological polar surface area (TPSA) is 143 Å². The molecule has 0 aliphatic carbocycles. The van der Waals surface area contributed by atoms with Crippen molar-refractivity contribution in [3.05, 3.63) is 87.3 Å². The van der Waals surface area contributed by atoms with Gasteiger partial charge in [0.25, 0.3) is 15.6 Å². The minimum atomic E-state index is -4.26. The summed E-state index contributed by atoms with van der Waals surface area (Å²) in [6, 6.07) is 14.2. The average molecular weight is 424 g/mol. The van der Waals surface area contributed by atoms with Crippen molar-refractivity contribution in [2.45, 2.75) is 11.8 Å². The van der Waals surface area contributed by atoms with Crippen LogP contribution in [0.4, 0.5) is 5.69 Å². The first-order chi connectivity index (χ1) is 14.3. The molecule has 30 heavy (non-hydrogen) atoms. The van der Waals surface area contributed by atoms with E-state index in [2.05, 4.69) is 20.0 Å². The fourth-order valence-corrected chi connectivity index (χ4v) is 4.00. The molecule has 3 N–H and O–H groups in total. The number of hydrogen-bond donors (Lipinski definition) is 3. The maximum atomic E-state index is 12.7. The molecule has 2 aromatic heterocycles. The molecule has 0 atom stereocenters. The van der Waals surface area contributed by atoms with E-state index in [-0.39, 0.29) is 5.69 Å². The van der Waals surface area contributed by atoms with Crippen molar-refractivity contribution in [2.75, 3.05) is 4.72 Å². The zero-order valence-electron chi connectivity index (χ0n) is 15.7. The van der Waals surface area contributed by atoms with Crippen molar-refractivity contribution in [1.82, 2.24) is 25.0 Å². The van der Waals surface area contributed by atoms with Crippen molar-refractivity contribution < 1.29 is 8.42 Å². The van der Waals surface area contributed by atoms with E-state index in [0.29, 0.717) is 11.3 Å². The van der Waals surface area contributed by atoms with Gasteiger partial charge in [-0.25, -0.2) is 17.9 Å². The van der Waals surface area contributed by atoms with Crippen LogP contribution in [0.3, 0.4) is 0 Å². The van der Waals surface area contributed by atoms with Crippen LogP contribution in [0.2, 0.25) is 0 Å². The molecule has 4 aromatic rings. The number of sulfonamides is 1. The van der Waals surface area contributed by atoms with Gasteiger partial charge in [-0.05, 0) is 24.6 Å². The molecule has 11 heteroatoms. The largest absolute Gasteiger partial charge is 0.325 e. The Morgan fingerprint density at radius 3 is 2.53 bits per heavy atom. The Morgan fingerprint density at radius 1 is 1.03 bits per heavy atom. The normalized spacial score (nSPS) is 11.4. The van der Waals surface area contributed by atoms with Crippen molar-refractivity contribution in [1.29, 1.82) is 0 Å². The standard InChI is InChI=1S/C19H16N6O4S/c1-12-6-2-5-9-16(12)25-11-15(22-24-25)13-7-3-4-8-14(13)23-30(28,29)17-10-20-19(27)21-18(17)26/h2-11,23H,1H3,(H2,20,21,26,27). The molecule has 0 radical (unpaired) electrons. The van der Waals surface area contributed by atoms with Gasteiger partial charge >= 0.3 is 5.69 Å². The lowest BCUT2D eigenvalue weighted by atomic mass is 10.1. The molecule has 2 heterocycles. The fraction of sp³-hybridized carbons (Fsp3) is 0.0526. The van der Waals surface area contributed by atoms with E-state index >= 15 is 0 Å². The van der Waals surface area contributed by atoms with Gasteiger partial charge in [0.1, 0.15) is 5.69 Å². The second-order valence-electron chi connectivity index (χ2n) is 6.42. The molecular weight excluding hydrogens is 408 g/mol. The van der Waals surface area contributed by atoms with Gasteiger partial charge in [-0.3, -0.25) is 14.5 Å². The van der Waals surface area contributed by atoms with Crippen molar-refractivity contribution >= 4 is 15.7 Å². The molecule has 0 spiro atoms. The van der Waals surface area contributed by atoms with Gasteiger partial charge in [0.05, 0.1) is 17.6 Å². The number of para-hydroxylation sites is 2. The van der Waals surface area contributed by atoms with Crippen LogP contribution >= 0.6 is 0 Å². The van der Waals surface area contributed by atoms with Crippen LogP contribution in [0, 0.1) is 6.92 Å². The summed E-state index contributed by atoms with van der Waals surface area (Å²) < 4.78 is 29.4. The summed E-state index contributed by atoms with van der Waals surface area (Å²) in [4.78, 5) is 26.5. The smallest absolute Gasteiger partial charge is 0.313 e. The molecule has 0 saturated carbocycles. The molecule has 152 valence electrons. The Hall–Kier alpha value is -3.99. The molecule has 2 aromatic carbocycles. The molecule has 0 unspecified atom stereocenters. The highest BCUT2D eigenvalue weighted by Gasteiger charge is 2.21. The van der Waals surface area contributed by atoms with Gasteiger partial charge in [0.2, 0.25) is 0 Å². The number of aromatic nitrogens is 5. The van der Waals surface area contributed by atoms with Gasteiger partial charge in [-0.2, -0.15) is 0 Å². The van der Waals surface area contributed by atoms with E-state index in [4.69, 9.17) is 0 Å². The van der Waals surface area contributed by atoms with Crippen molar-refractivity contribution in [3.8, 4) is 16.9 Å². The lowest BCUT2D eigenvalue weighted by Gasteiger charge is -2.10. The van der Waals surface area contributed by atoms with E-state index in [0.717, 1.165) is 17.4 Å². The first-order valence-electron chi connectivity index (χ1n) is 8.78. The van der Waals surface area contributed by atoms with Crippen LogP contribution in [0.15, 0.2) is 75.4 Å². The Bertz CT molecular complexity index is 1450. The number of nitrogens with one attached hydrogen (secondary N) is 3. The summed E-state index contributed by atoms with van der Waals surface area (Å²) in [6.45, 7) is 1.94. The second kappa shape index (κ2) is 7.44. The summed E-state index contributed by atoms with van der Waals surface area (Å²) in [5.41, 5.74) is 1.14. The molecule has 0 bridgehead atoms. The maximum Gasteiger partial charge on any atom is 0.325 e. The van der Waals surface area contributed by atoms with E-state index in [9.17, 15) is 18.0 Å². The molecule has 10 nitrogen and oxygen atoms in total. The third-order valence-corrected chi connectivity index (χ3v) is 5.75. The SMILES string of the molecule is Cc1ccccc1-n1cc(-c2ccccc2NS(=O)(=O)c2c[nH]c(=O)[nH]c2=O)nn1. The number of nitrogens with zero attached hydrogens (tertiary/aromatic N) is 3. The third-order valence-electron chi connectivity index (χ3n) is 4.38. The van der Waals surface area contributed by atoms with Gasteiger partial charge in [0.15, 0.2) is 4.90 Å². The summed E-state index contributed by atoms with van der Waals surface area (Å²) in [5.74, 6) is 0. The quantitative estimate of drug-likeness (QED) is 0.442. The zero-order chi connectivity index (χ0) is 21.3. The number of H-pyrrole nitrogens is 2. The summed E-state index contributed by atoms with van der Waals surface area (Å²) >= 11 is 0. The minimum Gasteiger partial charge on any atom is -0.313 e. The molecule has 0 amide bonds. The molecule has 4 rings (SSSR count). The van der Waals surface area contributed by atoms with Gasteiger partial charge < -0.3 is 4.98 Å². The first kappa shape index (κ1) is 19.3. The van der Waals surface area contributed by atoms with Crippen LogP contribution in [-0.2, 0) is 10.0 Å². The molecule has 0 aliphatic rings.